The molecule has 3 rings (SSSR count). The number of hydrogen-bond acceptors (Lipinski definition) is 7. The van der Waals surface area contributed by atoms with Crippen molar-refractivity contribution in [1.29, 1.82) is 0 Å². The van der Waals surface area contributed by atoms with Crippen molar-refractivity contribution in [2.45, 2.75) is 53.4 Å². The molecule has 33 heavy (non-hydrogen) atoms. The molecule has 0 fully saturated rings. The summed E-state index contributed by atoms with van der Waals surface area (Å²) in [5.41, 5.74) is 5.38. The molecule has 0 saturated carbocycles. The molecule has 3 N–H and O–H groups in total. The van der Waals surface area contributed by atoms with Crippen molar-refractivity contribution in [1.82, 2.24) is 0 Å². The lowest BCUT2D eigenvalue weighted by Crippen LogP contribution is -2.29. The van der Waals surface area contributed by atoms with Gasteiger partial charge < -0.3 is 11.1 Å². The first kappa shape index (κ1) is 24.3. The number of hydrogen-bond donors (Lipinski definition) is 2. The number of amides is 2. The Balaban J connectivity index is 2.00. The van der Waals surface area contributed by atoms with E-state index in [0.29, 0.717) is 12.3 Å². The summed E-state index contributed by atoms with van der Waals surface area (Å²) >= 11 is 1.27. The molecule has 176 valence electrons. The van der Waals surface area contributed by atoms with Gasteiger partial charge >= 0.3 is 0 Å². The van der Waals surface area contributed by atoms with E-state index in [-0.39, 0.29) is 27.1 Å². The van der Waals surface area contributed by atoms with Gasteiger partial charge in [0.2, 0.25) is 0 Å². The van der Waals surface area contributed by atoms with Crippen LogP contribution in [-0.4, -0.2) is 21.7 Å². The summed E-state index contributed by atoms with van der Waals surface area (Å²) in [5, 5.41) is 25.5. The number of fused-ring (bicyclic) bond motifs is 1. The summed E-state index contributed by atoms with van der Waals surface area (Å²) in [6.07, 6.45) is 3.33. The molecule has 1 aromatic heterocycles. The van der Waals surface area contributed by atoms with Crippen LogP contribution in [0.15, 0.2) is 12.1 Å². The molecule has 2 aromatic rings. The van der Waals surface area contributed by atoms with Crippen molar-refractivity contribution in [3.63, 3.8) is 0 Å². The van der Waals surface area contributed by atoms with Crippen molar-refractivity contribution >= 4 is 39.5 Å². The monoisotopic (exact) mass is 474 g/mol. The van der Waals surface area contributed by atoms with E-state index in [1.165, 1.54) is 18.3 Å². The fraction of sp³-hybridized carbons (Fsp3) is 0.455. The van der Waals surface area contributed by atoms with Crippen molar-refractivity contribution in [3.8, 4) is 0 Å². The molecule has 0 unspecified atom stereocenters. The Morgan fingerprint density at radius 3 is 2.27 bits per heavy atom. The summed E-state index contributed by atoms with van der Waals surface area (Å²) in [5.74, 6) is -1.04. The number of carbonyl (C=O) groups is 2. The second kappa shape index (κ2) is 8.89. The van der Waals surface area contributed by atoms with E-state index in [2.05, 4.69) is 26.1 Å². The van der Waals surface area contributed by atoms with Crippen LogP contribution < -0.4 is 11.1 Å². The quantitative estimate of drug-likeness (QED) is 0.434. The van der Waals surface area contributed by atoms with Gasteiger partial charge in [-0.15, -0.1) is 11.3 Å². The molecule has 10 nitrogen and oxygen atoms in total. The molecule has 1 aromatic carbocycles. The minimum absolute atomic E-state index is 0.123. The van der Waals surface area contributed by atoms with Crippen molar-refractivity contribution in [2.24, 2.45) is 17.1 Å². The number of anilines is 1. The minimum atomic E-state index is -0.785. The lowest BCUT2D eigenvalue weighted by atomic mass is 9.69. The molecule has 1 heterocycles. The molecule has 1 aliphatic carbocycles. The highest BCUT2D eigenvalue weighted by Gasteiger charge is 2.35. The third kappa shape index (κ3) is 4.58. The van der Waals surface area contributed by atoms with Crippen LogP contribution in [-0.2, 0) is 12.8 Å². The van der Waals surface area contributed by atoms with E-state index in [1.54, 1.807) is 0 Å². The van der Waals surface area contributed by atoms with Crippen LogP contribution >= 0.6 is 11.3 Å². The van der Waals surface area contributed by atoms with Crippen LogP contribution in [0, 0.1) is 38.5 Å². The molecule has 0 spiro atoms. The highest BCUT2D eigenvalue weighted by molar-refractivity contribution is 7.17. The topological polar surface area (TPSA) is 158 Å². The maximum absolute atomic E-state index is 12.9. The van der Waals surface area contributed by atoms with Gasteiger partial charge in [0, 0.05) is 17.0 Å². The first-order valence-corrected chi connectivity index (χ1v) is 11.4. The van der Waals surface area contributed by atoms with Crippen LogP contribution in [0.25, 0.3) is 0 Å². The minimum Gasteiger partial charge on any atom is -0.365 e. The maximum Gasteiger partial charge on any atom is 0.279 e. The van der Waals surface area contributed by atoms with Gasteiger partial charge in [-0.05, 0) is 43.1 Å². The smallest absolute Gasteiger partial charge is 0.279 e. The predicted molar refractivity (Wildman–Crippen MR) is 125 cm³/mol. The number of rotatable bonds is 7. The molecule has 2 amide bonds. The van der Waals surface area contributed by atoms with Gasteiger partial charge in [-0.2, -0.15) is 0 Å². The Hall–Kier alpha value is -3.34. The molecule has 0 saturated heterocycles. The molecule has 0 bridgehead atoms. The third-order valence-corrected chi connectivity index (χ3v) is 7.93. The Morgan fingerprint density at radius 2 is 1.79 bits per heavy atom. The fourth-order valence-electron chi connectivity index (χ4n) is 4.26. The Bertz CT molecular complexity index is 1130. The number of nitrogens with two attached hydrogens (primary N) is 1. The summed E-state index contributed by atoms with van der Waals surface area (Å²) in [6, 6.07) is 1.99. The SMILES string of the molecule is CCC(C)(C)[C@@H]1CCc2c(sc(NC(=O)c3cc([N+](=O)[O-])c(C)c([N+](=O)[O-])c3)c2C(N)=O)C1. The fourth-order valence-corrected chi connectivity index (χ4v) is 5.59. The normalized spacial score (nSPS) is 15.6. The van der Waals surface area contributed by atoms with Gasteiger partial charge in [-0.1, -0.05) is 27.2 Å². The van der Waals surface area contributed by atoms with Crippen molar-refractivity contribution in [3.05, 3.63) is 59.5 Å². The summed E-state index contributed by atoms with van der Waals surface area (Å²) in [6.45, 7) is 7.82. The first-order valence-electron chi connectivity index (χ1n) is 10.6. The van der Waals surface area contributed by atoms with E-state index >= 15 is 0 Å². The number of thiophene rings is 1. The Morgan fingerprint density at radius 1 is 1.21 bits per heavy atom. The number of nitro benzene ring substituents is 2. The predicted octanol–water partition coefficient (Wildman–Crippen LogP) is 4.77. The van der Waals surface area contributed by atoms with Gasteiger partial charge in [-0.3, -0.25) is 29.8 Å². The average molecular weight is 475 g/mol. The van der Waals surface area contributed by atoms with Gasteiger partial charge in [0.1, 0.15) is 10.6 Å². The van der Waals surface area contributed by atoms with E-state index in [4.69, 9.17) is 5.73 Å². The molecular formula is C22H26N4O6S. The van der Waals surface area contributed by atoms with Crippen LogP contribution in [0.3, 0.4) is 0 Å². The van der Waals surface area contributed by atoms with Crippen molar-refractivity contribution < 1.29 is 19.4 Å². The summed E-state index contributed by atoms with van der Waals surface area (Å²) < 4.78 is 0. The summed E-state index contributed by atoms with van der Waals surface area (Å²) in [4.78, 5) is 47.3. The molecule has 11 heteroatoms. The lowest BCUT2D eigenvalue weighted by molar-refractivity contribution is -0.395. The zero-order valence-corrected chi connectivity index (χ0v) is 19.7. The van der Waals surface area contributed by atoms with Crippen LogP contribution in [0.1, 0.15) is 70.3 Å². The molecule has 0 radical (unpaired) electrons. The van der Waals surface area contributed by atoms with Crippen LogP contribution in [0.5, 0.6) is 0 Å². The third-order valence-electron chi connectivity index (χ3n) is 6.76. The number of nitrogens with one attached hydrogen (secondary N) is 1. The maximum atomic E-state index is 12.9. The second-order valence-corrected chi connectivity index (χ2v) is 10.1. The van der Waals surface area contributed by atoms with E-state index in [9.17, 15) is 29.8 Å². The van der Waals surface area contributed by atoms with Crippen molar-refractivity contribution in [2.75, 3.05) is 5.32 Å². The molecule has 1 atom stereocenters. The zero-order chi connectivity index (χ0) is 24.7. The van der Waals surface area contributed by atoms with Gasteiger partial charge in [0.05, 0.1) is 21.0 Å². The Kier molecular flexibility index (Phi) is 6.55. The lowest BCUT2D eigenvalue weighted by Gasteiger charge is -2.36. The van der Waals surface area contributed by atoms with Gasteiger partial charge in [-0.25, -0.2) is 0 Å². The van der Waals surface area contributed by atoms with E-state index in [1.807, 2.05) is 0 Å². The first-order chi connectivity index (χ1) is 15.4. The highest BCUT2D eigenvalue weighted by Crippen LogP contribution is 2.45. The number of nitrogens with zero attached hydrogens (tertiary/aromatic N) is 2. The zero-order valence-electron chi connectivity index (χ0n) is 18.9. The Labute approximate surface area is 194 Å². The van der Waals surface area contributed by atoms with Crippen LogP contribution in [0.2, 0.25) is 0 Å². The number of primary amides is 1. The molecule has 1 aliphatic rings. The largest absolute Gasteiger partial charge is 0.365 e. The van der Waals surface area contributed by atoms with E-state index < -0.39 is 33.0 Å². The second-order valence-electron chi connectivity index (χ2n) is 8.96. The molecule has 0 aliphatic heterocycles. The number of benzene rings is 1. The van der Waals surface area contributed by atoms with Gasteiger partial charge in [0.25, 0.3) is 23.2 Å². The standard InChI is InChI=1S/C22H26N4O6S/c1-5-22(3,4)13-6-7-14-17(10-13)33-21(18(14)19(23)27)24-20(28)12-8-15(25(29)30)11(2)16(9-12)26(31)32/h8-9,13H,5-7,10H2,1-4H3,(H2,23,27)(H,24,28)/t13-/m1/s1. The van der Waals surface area contributed by atoms with Crippen LogP contribution in [0.4, 0.5) is 16.4 Å². The average Bonchev–Trinajstić information content (AvgIpc) is 3.10. The van der Waals surface area contributed by atoms with E-state index in [0.717, 1.165) is 41.8 Å². The summed E-state index contributed by atoms with van der Waals surface area (Å²) in [7, 11) is 0. The number of nitro groups is 2. The molecular weight excluding hydrogens is 448 g/mol. The van der Waals surface area contributed by atoms with Gasteiger partial charge in [0.15, 0.2) is 0 Å². The number of carbonyl (C=O) groups excluding carboxylic acids is 2. The highest BCUT2D eigenvalue weighted by atomic mass is 32.1.